The van der Waals surface area contributed by atoms with Gasteiger partial charge in [0.25, 0.3) is 0 Å². The number of benzene rings is 2. The maximum Gasteiger partial charge on any atom is 0.407 e. The van der Waals surface area contributed by atoms with E-state index in [1.54, 1.807) is 0 Å². The second kappa shape index (κ2) is 11.2. The average Bonchev–Trinajstić information content (AvgIpc) is 3.16. The molecule has 2 atom stereocenters. The zero-order valence-electron chi connectivity index (χ0n) is 19.9. The lowest BCUT2D eigenvalue weighted by molar-refractivity contribution is -0.146. The normalized spacial score (nSPS) is 21.0. The molecule has 186 valence electrons. The van der Waals surface area contributed by atoms with Crippen molar-refractivity contribution in [2.45, 2.75) is 44.1 Å². The molecule has 4 rings (SSSR count). The zero-order valence-corrected chi connectivity index (χ0v) is 20.7. The highest BCUT2D eigenvalue weighted by atomic mass is 32.2. The average molecular weight is 497 g/mol. The number of carboxylic acid groups (broad SMARTS) is 1. The van der Waals surface area contributed by atoms with Crippen molar-refractivity contribution in [2.75, 3.05) is 24.7 Å². The fraction of sp³-hybridized carbons (Fsp3) is 0.444. The third-order valence-corrected chi connectivity index (χ3v) is 7.98. The highest BCUT2D eigenvalue weighted by molar-refractivity contribution is 7.99. The largest absolute Gasteiger partial charge is 0.481 e. The maximum atomic E-state index is 12.4. The van der Waals surface area contributed by atoms with E-state index in [0.29, 0.717) is 25.1 Å². The van der Waals surface area contributed by atoms with E-state index in [2.05, 4.69) is 34.9 Å². The van der Waals surface area contributed by atoms with Crippen LogP contribution in [0.3, 0.4) is 0 Å². The molecule has 1 fully saturated rings. The molecule has 1 saturated carbocycles. The Hall–Kier alpha value is -3.00. The maximum absolute atomic E-state index is 12.4. The van der Waals surface area contributed by atoms with Crippen LogP contribution in [0.1, 0.15) is 49.7 Å². The van der Waals surface area contributed by atoms with Crippen LogP contribution in [0, 0.1) is 5.92 Å². The Balaban J connectivity index is 1.17. The summed E-state index contributed by atoms with van der Waals surface area (Å²) in [6.45, 7) is 2.47. The third kappa shape index (κ3) is 5.81. The molecule has 8 heteroatoms. The van der Waals surface area contributed by atoms with Crippen molar-refractivity contribution in [3.05, 3.63) is 59.7 Å². The predicted octanol–water partition coefficient (Wildman–Crippen LogP) is 4.41. The first kappa shape index (κ1) is 25.1. The van der Waals surface area contributed by atoms with Crippen molar-refractivity contribution >= 4 is 29.7 Å². The fourth-order valence-corrected chi connectivity index (χ4v) is 5.92. The van der Waals surface area contributed by atoms with E-state index < -0.39 is 23.5 Å². The number of thioether (sulfide) groups is 1. The molecule has 0 bridgehead atoms. The number of aliphatic carboxylic acids is 1. The Labute approximate surface area is 210 Å². The first-order valence-corrected chi connectivity index (χ1v) is 13.2. The number of hydrogen-bond acceptors (Lipinski definition) is 5. The monoisotopic (exact) mass is 496 g/mol. The van der Waals surface area contributed by atoms with Gasteiger partial charge in [0.05, 0.1) is 17.2 Å². The summed E-state index contributed by atoms with van der Waals surface area (Å²) in [5, 5.41) is 15.2. The Morgan fingerprint density at radius 3 is 2.37 bits per heavy atom. The van der Waals surface area contributed by atoms with Gasteiger partial charge in [-0.2, -0.15) is 11.8 Å². The molecule has 2 amide bonds. The minimum absolute atomic E-state index is 0.0157. The molecule has 2 aliphatic carbocycles. The minimum atomic E-state index is -0.854. The van der Waals surface area contributed by atoms with E-state index in [-0.39, 0.29) is 24.2 Å². The highest BCUT2D eigenvalue weighted by Gasteiger charge is 2.42. The Bertz CT molecular complexity index is 1050. The van der Waals surface area contributed by atoms with Crippen LogP contribution in [-0.4, -0.2) is 53.3 Å². The van der Waals surface area contributed by atoms with Crippen LogP contribution in [0.5, 0.6) is 0 Å². The summed E-state index contributed by atoms with van der Waals surface area (Å²) in [5.74, 6) is -0.799. The van der Waals surface area contributed by atoms with E-state index in [0.717, 1.165) is 12.8 Å². The number of carboxylic acids is 1. The molecular weight excluding hydrogens is 464 g/mol. The van der Waals surface area contributed by atoms with Gasteiger partial charge in [-0.25, -0.2) is 4.79 Å². The molecule has 2 unspecified atom stereocenters. The molecule has 3 N–H and O–H groups in total. The van der Waals surface area contributed by atoms with Gasteiger partial charge in [0, 0.05) is 18.2 Å². The molecule has 0 radical (unpaired) electrons. The summed E-state index contributed by atoms with van der Waals surface area (Å²) in [7, 11) is 0. The van der Waals surface area contributed by atoms with Crippen molar-refractivity contribution in [2.24, 2.45) is 5.92 Å². The van der Waals surface area contributed by atoms with Gasteiger partial charge in [-0.1, -0.05) is 61.4 Å². The summed E-state index contributed by atoms with van der Waals surface area (Å²) in [6, 6.07) is 16.4. The van der Waals surface area contributed by atoms with Gasteiger partial charge in [-0.3, -0.25) is 9.59 Å². The Kier molecular flexibility index (Phi) is 8.00. The quantitative estimate of drug-likeness (QED) is 0.444. The summed E-state index contributed by atoms with van der Waals surface area (Å²) in [5.41, 5.74) is 3.99. The molecule has 0 heterocycles. The van der Waals surface area contributed by atoms with Crippen LogP contribution in [0.15, 0.2) is 48.5 Å². The number of alkyl carbamates (subject to hydrolysis) is 1. The molecule has 0 spiro atoms. The number of hydrogen-bond donors (Lipinski definition) is 3. The summed E-state index contributed by atoms with van der Waals surface area (Å²) in [4.78, 5) is 36.2. The van der Waals surface area contributed by atoms with Gasteiger partial charge in [0.15, 0.2) is 0 Å². The second-order valence-electron chi connectivity index (χ2n) is 9.41. The zero-order chi connectivity index (χ0) is 24.8. The molecule has 0 saturated heterocycles. The number of amides is 2. The molecule has 7 nitrogen and oxygen atoms in total. The van der Waals surface area contributed by atoms with Crippen molar-refractivity contribution in [1.82, 2.24) is 10.6 Å². The molecule has 0 aromatic heterocycles. The van der Waals surface area contributed by atoms with Crippen molar-refractivity contribution in [3.8, 4) is 11.1 Å². The first-order valence-electron chi connectivity index (χ1n) is 12.1. The number of carbonyl (C=O) groups excluding carboxylic acids is 2. The van der Waals surface area contributed by atoms with Crippen LogP contribution in [0.2, 0.25) is 0 Å². The smallest absolute Gasteiger partial charge is 0.407 e. The van der Waals surface area contributed by atoms with Gasteiger partial charge in [-0.15, -0.1) is 0 Å². The van der Waals surface area contributed by atoms with Crippen LogP contribution in [0.4, 0.5) is 4.79 Å². The van der Waals surface area contributed by atoms with E-state index >= 15 is 0 Å². The molecule has 2 aromatic carbocycles. The molecular formula is C27H32N2O5S. The number of rotatable bonds is 9. The standard InChI is InChI=1S/C27H32N2O5S/c1-27(13-7-6-12-23(27)25(31)32)29-24(30)17-35-15-14-28-26(33)34-16-22-20-10-4-2-8-18(20)19-9-3-5-11-21(19)22/h2-5,8-11,22-23H,6-7,12-17H2,1H3,(H,28,33)(H,29,30)(H,31,32). The van der Waals surface area contributed by atoms with Crippen LogP contribution in [0.25, 0.3) is 11.1 Å². The number of fused-ring (bicyclic) bond motifs is 3. The summed E-state index contributed by atoms with van der Waals surface area (Å²) < 4.78 is 5.52. The molecule has 2 aliphatic rings. The lowest BCUT2D eigenvalue weighted by Crippen LogP contribution is -2.55. The van der Waals surface area contributed by atoms with Gasteiger partial charge >= 0.3 is 12.1 Å². The van der Waals surface area contributed by atoms with E-state index in [9.17, 15) is 19.5 Å². The summed E-state index contributed by atoms with van der Waals surface area (Å²) >= 11 is 1.40. The predicted molar refractivity (Wildman–Crippen MR) is 137 cm³/mol. The van der Waals surface area contributed by atoms with E-state index in [1.165, 1.54) is 34.0 Å². The second-order valence-corrected chi connectivity index (χ2v) is 10.5. The lowest BCUT2D eigenvalue weighted by Gasteiger charge is -2.39. The SMILES string of the molecule is CC1(NC(=O)CSCCNC(=O)OCC2c3ccccc3-c3ccccc32)CCCCC1C(=O)O. The minimum Gasteiger partial charge on any atom is -0.481 e. The highest BCUT2D eigenvalue weighted by Crippen LogP contribution is 2.44. The number of carbonyl (C=O) groups is 3. The molecule has 0 aliphatic heterocycles. The van der Waals surface area contributed by atoms with Crippen molar-refractivity contribution in [3.63, 3.8) is 0 Å². The van der Waals surface area contributed by atoms with Crippen molar-refractivity contribution < 1.29 is 24.2 Å². The van der Waals surface area contributed by atoms with E-state index in [1.807, 2.05) is 31.2 Å². The Morgan fingerprint density at radius 1 is 1.06 bits per heavy atom. The van der Waals surface area contributed by atoms with Crippen LogP contribution < -0.4 is 10.6 Å². The molecule has 2 aromatic rings. The van der Waals surface area contributed by atoms with Crippen molar-refractivity contribution in [1.29, 1.82) is 0 Å². The molecule has 35 heavy (non-hydrogen) atoms. The number of ether oxygens (including phenoxy) is 1. The van der Waals surface area contributed by atoms with Gasteiger partial charge < -0.3 is 20.5 Å². The van der Waals surface area contributed by atoms with Gasteiger partial charge in [-0.05, 0) is 42.0 Å². The van der Waals surface area contributed by atoms with E-state index in [4.69, 9.17) is 4.74 Å². The first-order chi connectivity index (χ1) is 16.9. The van der Waals surface area contributed by atoms with Gasteiger partial charge in [0.1, 0.15) is 6.61 Å². The van der Waals surface area contributed by atoms with Gasteiger partial charge in [0.2, 0.25) is 5.91 Å². The lowest BCUT2D eigenvalue weighted by atomic mass is 9.74. The third-order valence-electron chi connectivity index (χ3n) is 7.02. The topological polar surface area (TPSA) is 105 Å². The summed E-state index contributed by atoms with van der Waals surface area (Å²) in [6.07, 6.45) is 2.57. The van der Waals surface area contributed by atoms with Crippen LogP contribution in [-0.2, 0) is 14.3 Å². The number of nitrogens with one attached hydrogen (secondary N) is 2. The Morgan fingerprint density at radius 2 is 1.71 bits per heavy atom. The fourth-order valence-electron chi connectivity index (χ4n) is 5.27. The van der Waals surface area contributed by atoms with Crippen LogP contribution >= 0.6 is 11.8 Å².